The summed E-state index contributed by atoms with van der Waals surface area (Å²) in [5.41, 5.74) is 0.435. The number of carbonyl (C=O) groups excluding carboxylic acids is 1. The number of hydrogen-bond donors (Lipinski definition) is 0. The maximum atomic E-state index is 13.2. The van der Waals surface area contributed by atoms with Crippen LogP contribution in [0.2, 0.25) is 0 Å². The van der Waals surface area contributed by atoms with Gasteiger partial charge < -0.3 is 4.74 Å². The zero-order chi connectivity index (χ0) is 14.7. The lowest BCUT2D eigenvalue weighted by molar-refractivity contribution is 0.101. The Morgan fingerprint density at radius 2 is 1.90 bits per heavy atom. The molecule has 0 radical (unpaired) electrons. The highest BCUT2D eigenvalue weighted by Crippen LogP contribution is 2.35. The standard InChI is InChI=1S/C15H12F2O2S/c1-9(18)15-13(19-2)4-3-5-14(15)20-10-6-7-11(16)12(17)8-10/h3-8H,1-2H3. The number of halogens is 2. The molecule has 0 amide bonds. The molecule has 0 saturated heterocycles. The summed E-state index contributed by atoms with van der Waals surface area (Å²) in [6.45, 7) is 1.44. The predicted octanol–water partition coefficient (Wildman–Crippen LogP) is 4.33. The molecule has 0 aliphatic heterocycles. The Morgan fingerprint density at radius 1 is 1.15 bits per heavy atom. The first-order chi connectivity index (χ1) is 9.52. The predicted molar refractivity (Wildman–Crippen MR) is 73.5 cm³/mol. The zero-order valence-electron chi connectivity index (χ0n) is 10.9. The van der Waals surface area contributed by atoms with Crippen LogP contribution in [0.15, 0.2) is 46.2 Å². The summed E-state index contributed by atoms with van der Waals surface area (Å²) in [5, 5.41) is 0. The van der Waals surface area contributed by atoms with E-state index in [0.717, 1.165) is 12.1 Å². The molecule has 0 atom stereocenters. The Kier molecular flexibility index (Phi) is 4.39. The molecule has 0 aromatic heterocycles. The first-order valence-electron chi connectivity index (χ1n) is 5.83. The molecule has 2 aromatic rings. The fraction of sp³-hybridized carbons (Fsp3) is 0.133. The average molecular weight is 294 g/mol. The third-order valence-electron chi connectivity index (χ3n) is 2.68. The van der Waals surface area contributed by atoms with E-state index >= 15 is 0 Å². The van der Waals surface area contributed by atoms with Crippen LogP contribution in [-0.2, 0) is 0 Å². The van der Waals surface area contributed by atoms with Gasteiger partial charge in [0.2, 0.25) is 0 Å². The lowest BCUT2D eigenvalue weighted by atomic mass is 10.1. The maximum absolute atomic E-state index is 13.2. The summed E-state index contributed by atoms with van der Waals surface area (Å²) >= 11 is 1.19. The Labute approximate surface area is 119 Å². The summed E-state index contributed by atoms with van der Waals surface area (Å²) in [6.07, 6.45) is 0. The van der Waals surface area contributed by atoms with Crippen molar-refractivity contribution in [3.63, 3.8) is 0 Å². The number of hydrogen-bond acceptors (Lipinski definition) is 3. The molecule has 20 heavy (non-hydrogen) atoms. The number of benzene rings is 2. The molecule has 0 saturated carbocycles. The van der Waals surface area contributed by atoms with Crippen LogP contribution in [0.5, 0.6) is 5.75 Å². The Morgan fingerprint density at radius 3 is 2.50 bits per heavy atom. The van der Waals surface area contributed by atoms with E-state index in [4.69, 9.17) is 4.74 Å². The largest absolute Gasteiger partial charge is 0.496 e. The number of Topliss-reactive ketones (excluding diaryl/α,β-unsaturated/α-hetero) is 1. The quantitative estimate of drug-likeness (QED) is 0.785. The normalized spacial score (nSPS) is 10.4. The second kappa shape index (κ2) is 6.05. The maximum Gasteiger partial charge on any atom is 0.164 e. The van der Waals surface area contributed by atoms with Gasteiger partial charge in [-0.3, -0.25) is 4.79 Å². The second-order valence-electron chi connectivity index (χ2n) is 4.07. The fourth-order valence-corrected chi connectivity index (χ4v) is 2.83. The van der Waals surface area contributed by atoms with Gasteiger partial charge in [-0.2, -0.15) is 0 Å². The van der Waals surface area contributed by atoms with Gasteiger partial charge in [-0.1, -0.05) is 17.8 Å². The molecule has 5 heteroatoms. The van der Waals surface area contributed by atoms with Crippen LogP contribution in [-0.4, -0.2) is 12.9 Å². The first-order valence-corrected chi connectivity index (χ1v) is 6.65. The van der Waals surface area contributed by atoms with Crippen LogP contribution in [0.25, 0.3) is 0 Å². The van der Waals surface area contributed by atoms with Crippen LogP contribution in [0.4, 0.5) is 8.78 Å². The van der Waals surface area contributed by atoms with Crippen molar-refractivity contribution in [2.45, 2.75) is 16.7 Å². The molecule has 0 spiro atoms. The molecular formula is C15H12F2O2S. The number of carbonyl (C=O) groups is 1. The SMILES string of the molecule is COc1cccc(Sc2ccc(F)c(F)c2)c1C(C)=O. The van der Waals surface area contributed by atoms with Gasteiger partial charge in [0.05, 0.1) is 12.7 Å². The highest BCUT2D eigenvalue weighted by Gasteiger charge is 2.15. The van der Waals surface area contributed by atoms with Gasteiger partial charge in [0.25, 0.3) is 0 Å². The van der Waals surface area contributed by atoms with Crippen molar-refractivity contribution in [3.8, 4) is 5.75 Å². The van der Waals surface area contributed by atoms with Crippen molar-refractivity contribution >= 4 is 17.5 Å². The van der Waals surface area contributed by atoms with Gasteiger partial charge in [0.15, 0.2) is 17.4 Å². The van der Waals surface area contributed by atoms with E-state index in [1.807, 2.05) is 0 Å². The molecule has 0 heterocycles. The molecule has 104 valence electrons. The average Bonchev–Trinajstić information content (AvgIpc) is 2.42. The van der Waals surface area contributed by atoms with E-state index < -0.39 is 11.6 Å². The van der Waals surface area contributed by atoms with Gasteiger partial charge in [-0.25, -0.2) is 8.78 Å². The lowest BCUT2D eigenvalue weighted by Gasteiger charge is -2.11. The molecule has 0 fully saturated rings. The molecule has 0 N–H and O–H groups in total. The minimum absolute atomic E-state index is 0.146. The van der Waals surface area contributed by atoms with Crippen LogP contribution in [0, 0.1) is 11.6 Å². The topological polar surface area (TPSA) is 26.3 Å². The third-order valence-corrected chi connectivity index (χ3v) is 3.73. The van der Waals surface area contributed by atoms with E-state index in [2.05, 4.69) is 0 Å². The van der Waals surface area contributed by atoms with Crippen molar-refractivity contribution in [3.05, 3.63) is 53.6 Å². The first kappa shape index (κ1) is 14.5. The van der Waals surface area contributed by atoms with Gasteiger partial charge >= 0.3 is 0 Å². The van der Waals surface area contributed by atoms with Gasteiger partial charge in [-0.05, 0) is 37.3 Å². The monoisotopic (exact) mass is 294 g/mol. The van der Waals surface area contributed by atoms with E-state index in [-0.39, 0.29) is 5.78 Å². The molecule has 0 bridgehead atoms. The van der Waals surface area contributed by atoms with Crippen molar-refractivity contribution in [2.75, 3.05) is 7.11 Å². The fourth-order valence-electron chi connectivity index (χ4n) is 1.78. The van der Waals surface area contributed by atoms with E-state index in [9.17, 15) is 13.6 Å². The highest BCUT2D eigenvalue weighted by molar-refractivity contribution is 7.99. The Bertz CT molecular complexity index is 656. The van der Waals surface area contributed by atoms with Crippen molar-refractivity contribution in [1.29, 1.82) is 0 Å². The van der Waals surface area contributed by atoms with Gasteiger partial charge in [-0.15, -0.1) is 0 Å². The second-order valence-corrected chi connectivity index (χ2v) is 5.18. The lowest BCUT2D eigenvalue weighted by Crippen LogP contribution is -1.99. The summed E-state index contributed by atoms with van der Waals surface area (Å²) in [6, 6.07) is 8.80. The van der Waals surface area contributed by atoms with Gasteiger partial charge in [0, 0.05) is 9.79 Å². The van der Waals surface area contributed by atoms with Crippen LogP contribution < -0.4 is 4.74 Å². The number of rotatable bonds is 4. The molecule has 0 aliphatic rings. The Balaban J connectivity index is 2.42. The summed E-state index contributed by atoms with van der Waals surface area (Å²) in [4.78, 5) is 12.9. The minimum atomic E-state index is -0.915. The molecule has 0 unspecified atom stereocenters. The molecule has 2 rings (SSSR count). The van der Waals surface area contributed by atoms with E-state index in [0.29, 0.717) is 21.1 Å². The van der Waals surface area contributed by atoms with Crippen LogP contribution in [0.3, 0.4) is 0 Å². The minimum Gasteiger partial charge on any atom is -0.496 e. The summed E-state index contributed by atoms with van der Waals surface area (Å²) in [7, 11) is 1.48. The van der Waals surface area contributed by atoms with Crippen LogP contribution in [0.1, 0.15) is 17.3 Å². The number of methoxy groups -OCH3 is 1. The van der Waals surface area contributed by atoms with Gasteiger partial charge in [0.1, 0.15) is 5.75 Å². The molecule has 2 nitrogen and oxygen atoms in total. The molecule has 2 aromatic carbocycles. The van der Waals surface area contributed by atoms with Crippen molar-refractivity contribution in [2.24, 2.45) is 0 Å². The summed E-state index contributed by atoms with van der Waals surface area (Å²) < 4.78 is 31.3. The number of ketones is 1. The van der Waals surface area contributed by atoms with E-state index in [1.54, 1.807) is 18.2 Å². The molecule has 0 aliphatic carbocycles. The smallest absolute Gasteiger partial charge is 0.164 e. The zero-order valence-corrected chi connectivity index (χ0v) is 11.8. The van der Waals surface area contributed by atoms with Crippen LogP contribution >= 0.6 is 11.8 Å². The highest BCUT2D eigenvalue weighted by atomic mass is 32.2. The van der Waals surface area contributed by atoms with Crippen molar-refractivity contribution in [1.82, 2.24) is 0 Å². The third kappa shape index (κ3) is 2.99. The van der Waals surface area contributed by atoms with Crippen molar-refractivity contribution < 1.29 is 18.3 Å². The summed E-state index contributed by atoms with van der Waals surface area (Å²) in [5.74, 6) is -1.49. The van der Waals surface area contributed by atoms with E-state index in [1.165, 1.54) is 31.9 Å². The molecular weight excluding hydrogens is 282 g/mol. The Hall–Kier alpha value is -1.88. The number of ether oxygens (including phenoxy) is 1.